The highest BCUT2D eigenvalue weighted by molar-refractivity contribution is 6.08. The topological polar surface area (TPSA) is 90.0 Å². The molecule has 0 saturated carbocycles. The molecular weight excluding hydrogens is 421 g/mol. The Kier molecular flexibility index (Phi) is 6.21. The SMILES string of the molecule is CC.Cc1ccc(-n2nc(-c3ccncc3)cc2NC(=O)c2cnn3cccnc23)cc1F. The van der Waals surface area contributed by atoms with E-state index >= 15 is 0 Å². The first-order valence-corrected chi connectivity index (χ1v) is 10.5. The number of hydrogen-bond acceptors (Lipinski definition) is 5. The predicted octanol–water partition coefficient (Wildman–Crippen LogP) is 4.70. The third-order valence-electron chi connectivity index (χ3n) is 4.85. The summed E-state index contributed by atoms with van der Waals surface area (Å²) >= 11 is 0. The molecule has 0 aliphatic carbocycles. The molecule has 0 bridgehead atoms. The number of nitrogens with one attached hydrogen (secondary N) is 1. The first-order valence-electron chi connectivity index (χ1n) is 10.5. The van der Waals surface area contributed by atoms with Crippen LogP contribution in [-0.4, -0.2) is 35.3 Å². The number of pyridine rings is 1. The Morgan fingerprint density at radius 3 is 2.61 bits per heavy atom. The molecule has 0 spiro atoms. The maximum absolute atomic E-state index is 14.2. The Morgan fingerprint density at radius 1 is 1.06 bits per heavy atom. The molecule has 166 valence electrons. The fourth-order valence-corrected chi connectivity index (χ4v) is 3.22. The molecule has 4 aromatic heterocycles. The third-order valence-corrected chi connectivity index (χ3v) is 4.85. The number of aryl methyl sites for hydroxylation is 1. The molecule has 5 rings (SSSR count). The lowest BCUT2D eigenvalue weighted by Crippen LogP contribution is -2.15. The van der Waals surface area contributed by atoms with E-state index in [1.54, 1.807) is 56.0 Å². The number of halogens is 1. The first-order chi connectivity index (χ1) is 16.1. The molecule has 4 heterocycles. The minimum absolute atomic E-state index is 0.314. The molecule has 0 radical (unpaired) electrons. The van der Waals surface area contributed by atoms with Crippen molar-refractivity contribution in [3.63, 3.8) is 0 Å². The largest absolute Gasteiger partial charge is 0.306 e. The van der Waals surface area contributed by atoms with Crippen molar-refractivity contribution >= 4 is 17.4 Å². The van der Waals surface area contributed by atoms with Crippen LogP contribution < -0.4 is 5.32 Å². The van der Waals surface area contributed by atoms with E-state index in [-0.39, 0.29) is 5.82 Å². The summed E-state index contributed by atoms with van der Waals surface area (Å²) in [5.74, 6) is -0.373. The van der Waals surface area contributed by atoms with Crippen molar-refractivity contribution in [1.29, 1.82) is 0 Å². The number of rotatable bonds is 4. The Hall–Kier alpha value is -4.40. The molecule has 0 unspecified atom stereocenters. The molecule has 1 amide bonds. The number of benzene rings is 1. The molecule has 5 aromatic rings. The summed E-state index contributed by atoms with van der Waals surface area (Å²) in [6.07, 6.45) is 8.06. The van der Waals surface area contributed by atoms with Gasteiger partial charge in [-0.25, -0.2) is 18.6 Å². The minimum atomic E-state index is -0.399. The highest BCUT2D eigenvalue weighted by atomic mass is 19.1. The van der Waals surface area contributed by atoms with E-state index in [1.165, 1.54) is 21.5 Å². The molecule has 0 fully saturated rings. The lowest BCUT2D eigenvalue weighted by atomic mass is 10.2. The summed E-state index contributed by atoms with van der Waals surface area (Å²) < 4.78 is 17.2. The average molecular weight is 443 g/mol. The predicted molar refractivity (Wildman–Crippen MR) is 124 cm³/mol. The van der Waals surface area contributed by atoms with Gasteiger partial charge in [-0.05, 0) is 42.8 Å². The van der Waals surface area contributed by atoms with E-state index in [1.807, 2.05) is 26.0 Å². The Bertz CT molecular complexity index is 1410. The van der Waals surface area contributed by atoms with E-state index < -0.39 is 5.91 Å². The summed E-state index contributed by atoms with van der Waals surface area (Å²) in [5.41, 5.74) is 3.17. The lowest BCUT2D eigenvalue weighted by Gasteiger charge is -2.09. The molecule has 8 nitrogen and oxygen atoms in total. The van der Waals surface area contributed by atoms with Gasteiger partial charge >= 0.3 is 0 Å². The molecule has 0 atom stereocenters. The number of hydrogen-bond donors (Lipinski definition) is 1. The van der Waals surface area contributed by atoms with Crippen LogP contribution in [0.25, 0.3) is 22.6 Å². The molecule has 0 aliphatic rings. The maximum Gasteiger partial charge on any atom is 0.262 e. The van der Waals surface area contributed by atoms with Crippen molar-refractivity contribution in [3.05, 3.63) is 90.4 Å². The Morgan fingerprint density at radius 2 is 1.85 bits per heavy atom. The molecule has 1 aromatic carbocycles. The van der Waals surface area contributed by atoms with Crippen molar-refractivity contribution in [2.24, 2.45) is 0 Å². The van der Waals surface area contributed by atoms with Crippen LogP contribution in [0.2, 0.25) is 0 Å². The summed E-state index contributed by atoms with van der Waals surface area (Å²) in [4.78, 5) is 21.2. The van der Waals surface area contributed by atoms with Gasteiger partial charge in [0.1, 0.15) is 17.2 Å². The van der Waals surface area contributed by atoms with Gasteiger partial charge in [-0.15, -0.1) is 0 Å². The molecule has 1 N–H and O–H groups in total. The van der Waals surface area contributed by atoms with E-state index in [4.69, 9.17) is 0 Å². The number of aromatic nitrogens is 6. The van der Waals surface area contributed by atoms with Crippen LogP contribution in [0, 0.1) is 12.7 Å². The van der Waals surface area contributed by atoms with Crippen LogP contribution in [0.5, 0.6) is 0 Å². The monoisotopic (exact) mass is 443 g/mol. The number of carbonyl (C=O) groups excluding carboxylic acids is 1. The second-order valence-electron chi connectivity index (χ2n) is 6.90. The van der Waals surface area contributed by atoms with Crippen LogP contribution in [-0.2, 0) is 0 Å². The zero-order valence-electron chi connectivity index (χ0n) is 18.4. The van der Waals surface area contributed by atoms with Gasteiger partial charge in [-0.2, -0.15) is 10.2 Å². The number of amides is 1. The number of anilines is 1. The van der Waals surface area contributed by atoms with E-state index in [9.17, 15) is 9.18 Å². The second-order valence-corrected chi connectivity index (χ2v) is 6.90. The number of fused-ring (bicyclic) bond motifs is 1. The third kappa shape index (κ3) is 4.33. The Labute approximate surface area is 189 Å². The molecule has 0 saturated heterocycles. The van der Waals surface area contributed by atoms with Crippen LogP contribution in [0.15, 0.2) is 73.4 Å². The smallest absolute Gasteiger partial charge is 0.262 e. The van der Waals surface area contributed by atoms with Gasteiger partial charge in [0.15, 0.2) is 5.65 Å². The summed E-state index contributed by atoms with van der Waals surface area (Å²) in [5, 5.41) is 11.6. The second kappa shape index (κ2) is 9.39. The van der Waals surface area contributed by atoms with Crippen LogP contribution in [0.1, 0.15) is 29.8 Å². The van der Waals surface area contributed by atoms with Gasteiger partial charge in [0.2, 0.25) is 0 Å². The van der Waals surface area contributed by atoms with Crippen molar-refractivity contribution in [2.45, 2.75) is 20.8 Å². The molecule has 9 heteroatoms. The summed E-state index contributed by atoms with van der Waals surface area (Å²) in [7, 11) is 0. The zero-order valence-corrected chi connectivity index (χ0v) is 18.4. The van der Waals surface area contributed by atoms with E-state index in [0.717, 1.165) is 5.56 Å². The lowest BCUT2D eigenvalue weighted by molar-refractivity contribution is 0.102. The quantitative estimate of drug-likeness (QED) is 0.435. The van der Waals surface area contributed by atoms with Crippen molar-refractivity contribution in [2.75, 3.05) is 5.32 Å². The zero-order chi connectivity index (χ0) is 23.4. The minimum Gasteiger partial charge on any atom is -0.306 e. The van der Waals surface area contributed by atoms with E-state index in [2.05, 4.69) is 25.5 Å². The van der Waals surface area contributed by atoms with Gasteiger partial charge < -0.3 is 5.32 Å². The molecule has 0 aliphatic heterocycles. The fourth-order valence-electron chi connectivity index (χ4n) is 3.22. The average Bonchev–Trinajstić information content (AvgIpc) is 3.47. The van der Waals surface area contributed by atoms with Crippen LogP contribution in [0.4, 0.5) is 10.2 Å². The summed E-state index contributed by atoms with van der Waals surface area (Å²) in [6, 6.07) is 11.9. The number of nitrogens with zero attached hydrogens (tertiary/aromatic N) is 6. The van der Waals surface area contributed by atoms with Crippen molar-refractivity contribution < 1.29 is 9.18 Å². The normalized spacial score (nSPS) is 10.5. The fraction of sp³-hybridized carbons (Fsp3) is 0.125. The standard InChI is InChI=1S/C22H16FN7O.C2H6/c1-14-3-4-16(11-18(14)23)30-20(12-19(28-30)15-5-8-24-9-6-15)27-22(31)17-13-26-29-10-2-7-25-21(17)29;1-2/h2-13H,1H3,(H,27,31);1-2H3. The highest BCUT2D eigenvalue weighted by Gasteiger charge is 2.18. The van der Waals surface area contributed by atoms with Gasteiger partial charge in [-0.3, -0.25) is 9.78 Å². The Balaban J connectivity index is 0.00000126. The van der Waals surface area contributed by atoms with Gasteiger partial charge in [0.05, 0.1) is 17.6 Å². The van der Waals surface area contributed by atoms with Gasteiger partial charge in [0.25, 0.3) is 5.91 Å². The van der Waals surface area contributed by atoms with E-state index in [0.29, 0.717) is 34.0 Å². The summed E-state index contributed by atoms with van der Waals surface area (Å²) in [6.45, 7) is 5.69. The molecular formula is C24H22FN7O. The van der Waals surface area contributed by atoms with Gasteiger partial charge in [0, 0.05) is 36.4 Å². The maximum atomic E-state index is 14.2. The van der Waals surface area contributed by atoms with Crippen molar-refractivity contribution in [3.8, 4) is 16.9 Å². The van der Waals surface area contributed by atoms with Crippen LogP contribution >= 0.6 is 0 Å². The first kappa shape index (κ1) is 21.8. The van der Waals surface area contributed by atoms with Gasteiger partial charge in [-0.1, -0.05) is 19.9 Å². The number of carbonyl (C=O) groups is 1. The van der Waals surface area contributed by atoms with Crippen molar-refractivity contribution in [1.82, 2.24) is 29.4 Å². The molecule has 33 heavy (non-hydrogen) atoms. The van der Waals surface area contributed by atoms with Crippen LogP contribution in [0.3, 0.4) is 0 Å². The highest BCUT2D eigenvalue weighted by Crippen LogP contribution is 2.26.